The van der Waals surface area contributed by atoms with Crippen LogP contribution in [0.15, 0.2) is 16.8 Å². The summed E-state index contributed by atoms with van der Waals surface area (Å²) in [4.78, 5) is 40.9. The third-order valence-corrected chi connectivity index (χ3v) is 16.0. The number of carbonyl (C=O) groups excluding carboxylic acids is 2. The lowest BCUT2D eigenvalue weighted by Crippen LogP contribution is -2.51. The lowest BCUT2D eigenvalue weighted by molar-refractivity contribution is -0.137. The molecular weight excluding hydrogens is 625 g/mol. The molecule has 0 aromatic carbocycles. The van der Waals surface area contributed by atoms with Crippen LogP contribution in [0.5, 0.6) is 0 Å². The first-order chi connectivity index (χ1) is 22.9. The third-order valence-electron chi connectivity index (χ3n) is 14.6. The molecule has 9 nitrogen and oxygen atoms in total. The largest absolute Gasteiger partial charge is 0.481 e. The molecule has 4 amide bonds. The van der Waals surface area contributed by atoms with Crippen molar-refractivity contribution >= 4 is 35.5 Å². The molecule has 4 aliphatic carbocycles. The Morgan fingerprint density at radius 1 is 1.08 bits per heavy atom. The van der Waals surface area contributed by atoms with E-state index in [4.69, 9.17) is 5.11 Å². The first-order valence-corrected chi connectivity index (χ1v) is 20.1. The molecule has 10 heteroatoms. The van der Waals surface area contributed by atoms with Crippen molar-refractivity contribution in [1.29, 1.82) is 0 Å². The summed E-state index contributed by atoms with van der Waals surface area (Å²) in [6.07, 6.45) is 17.6. The topological polar surface area (TPSA) is 123 Å². The van der Waals surface area contributed by atoms with Gasteiger partial charge in [-0.3, -0.25) is 4.79 Å². The molecule has 0 radical (unpaired) electrons. The standard InChI is InChI=1S/C38H60N4O5S/c1-23(28-15-16-29-27-14-13-25-21-26(40-47)17-19-37(25,3)30(27)18-20-38(28,29)4)9-8-10-24(2)41(5)36(46)42-34-31(39-35(42)45)22-48-32(34)11-6-7-12-33(43)44/h21,23-24,27-32,34,47H,6-20,22H2,1-5H3,(H,39,45)(H,43,44)/b40-26-/t23-,24?,27+,28-,29+,30+,31+,32+,34+,37+,38-/m1/s1. The van der Waals surface area contributed by atoms with Gasteiger partial charge in [-0.25, -0.2) is 14.5 Å². The van der Waals surface area contributed by atoms with Crippen LogP contribution in [-0.4, -0.2) is 80.0 Å². The highest BCUT2D eigenvalue weighted by molar-refractivity contribution is 8.00. The predicted octanol–water partition coefficient (Wildman–Crippen LogP) is 8.17. The van der Waals surface area contributed by atoms with Crippen molar-refractivity contribution in [3.63, 3.8) is 0 Å². The maximum absolute atomic E-state index is 13.8. The van der Waals surface area contributed by atoms with Gasteiger partial charge < -0.3 is 20.5 Å². The SMILES string of the molecule is CC(CCC[C@@H](C)[C@H]1CC[C@H]2[C@@H]3CCC4=C/C(=N\O)CC[C@]4(C)[C@H]3CC[C@]12C)N(C)C(=O)N1C(=O)N[C@H]2CS[C@@H](CCCCC(=O)O)[C@H]21. The van der Waals surface area contributed by atoms with Crippen molar-refractivity contribution in [2.45, 2.75) is 147 Å². The minimum Gasteiger partial charge on any atom is -0.481 e. The second-order valence-corrected chi connectivity index (χ2v) is 18.2. The van der Waals surface area contributed by atoms with E-state index in [0.717, 1.165) is 80.1 Å². The van der Waals surface area contributed by atoms with E-state index in [1.54, 1.807) is 16.7 Å². The average Bonchev–Trinajstić information content (AvgIpc) is 3.72. The van der Waals surface area contributed by atoms with Gasteiger partial charge in [0.2, 0.25) is 0 Å². The molecule has 0 bridgehead atoms. The molecule has 11 atom stereocenters. The highest BCUT2D eigenvalue weighted by Gasteiger charge is 2.59. The van der Waals surface area contributed by atoms with E-state index in [2.05, 4.69) is 44.2 Å². The lowest BCUT2D eigenvalue weighted by atomic mass is 9.46. The Hall–Kier alpha value is -2.23. The summed E-state index contributed by atoms with van der Waals surface area (Å²) in [7, 11) is 1.84. The monoisotopic (exact) mass is 684 g/mol. The van der Waals surface area contributed by atoms with Crippen molar-refractivity contribution in [2.75, 3.05) is 12.8 Å². The Bertz CT molecular complexity index is 1310. The fourth-order valence-corrected chi connectivity index (χ4v) is 13.3. The number of imide groups is 1. The van der Waals surface area contributed by atoms with Gasteiger partial charge in [0, 0.05) is 30.5 Å². The van der Waals surface area contributed by atoms with E-state index < -0.39 is 5.97 Å². The van der Waals surface area contributed by atoms with Crippen molar-refractivity contribution in [2.24, 2.45) is 45.6 Å². The van der Waals surface area contributed by atoms with Crippen LogP contribution in [0.2, 0.25) is 0 Å². The molecular formula is C38H60N4O5S. The number of unbranched alkanes of at least 4 members (excludes halogenated alkanes) is 1. The number of carboxylic acid groups (broad SMARTS) is 1. The van der Waals surface area contributed by atoms with Gasteiger partial charge in [0.15, 0.2) is 0 Å². The fraction of sp³-hybridized carbons (Fsp3) is 0.842. The van der Waals surface area contributed by atoms with E-state index in [1.165, 1.54) is 49.0 Å². The maximum Gasteiger partial charge on any atom is 0.328 e. The number of allylic oxidation sites excluding steroid dienone is 2. The fourth-order valence-electron chi connectivity index (χ4n) is 11.7. The van der Waals surface area contributed by atoms with Crippen LogP contribution in [0, 0.1) is 40.4 Å². The number of urea groups is 2. The maximum atomic E-state index is 13.8. The lowest BCUT2D eigenvalue weighted by Gasteiger charge is -2.58. The molecule has 0 spiro atoms. The molecule has 6 rings (SSSR count). The number of hydrogen-bond donors (Lipinski definition) is 3. The van der Waals surface area contributed by atoms with Gasteiger partial charge in [-0.15, -0.1) is 0 Å². The van der Waals surface area contributed by atoms with Gasteiger partial charge in [-0.2, -0.15) is 11.8 Å². The molecule has 268 valence electrons. The number of nitrogens with one attached hydrogen (secondary N) is 1. The first-order valence-electron chi connectivity index (χ1n) is 19.0. The first kappa shape index (κ1) is 35.6. The highest BCUT2D eigenvalue weighted by Crippen LogP contribution is 2.67. The molecule has 6 aliphatic rings. The second-order valence-electron chi connectivity index (χ2n) is 16.9. The van der Waals surface area contributed by atoms with Gasteiger partial charge in [0.1, 0.15) is 0 Å². The van der Waals surface area contributed by atoms with Crippen LogP contribution in [-0.2, 0) is 4.79 Å². The number of nitrogens with zero attached hydrogens (tertiary/aromatic N) is 3. The summed E-state index contributed by atoms with van der Waals surface area (Å²) in [5.41, 5.74) is 3.07. The Morgan fingerprint density at radius 3 is 2.62 bits per heavy atom. The zero-order valence-corrected chi connectivity index (χ0v) is 30.8. The predicted molar refractivity (Wildman–Crippen MR) is 190 cm³/mol. The van der Waals surface area contributed by atoms with Gasteiger partial charge in [0.05, 0.1) is 17.8 Å². The number of amides is 4. The number of hydrogen-bond acceptors (Lipinski definition) is 6. The summed E-state index contributed by atoms with van der Waals surface area (Å²) in [5.74, 6) is 3.78. The summed E-state index contributed by atoms with van der Waals surface area (Å²) < 4.78 is 0. The molecule has 48 heavy (non-hydrogen) atoms. The normalized spacial score (nSPS) is 39.1. The number of carboxylic acids is 1. The zero-order valence-electron chi connectivity index (χ0n) is 30.0. The van der Waals surface area contributed by atoms with E-state index in [0.29, 0.717) is 17.8 Å². The smallest absolute Gasteiger partial charge is 0.328 e. The number of carbonyl (C=O) groups is 3. The molecule has 0 aromatic heterocycles. The number of oxime groups is 1. The van der Waals surface area contributed by atoms with Crippen LogP contribution in [0.1, 0.15) is 124 Å². The van der Waals surface area contributed by atoms with Crippen LogP contribution >= 0.6 is 11.8 Å². The van der Waals surface area contributed by atoms with Crippen molar-refractivity contribution < 1.29 is 24.7 Å². The van der Waals surface area contributed by atoms with Gasteiger partial charge in [-0.05, 0) is 124 Å². The minimum absolute atomic E-state index is 0.0293. The third kappa shape index (κ3) is 6.41. The molecule has 2 aliphatic heterocycles. The van der Waals surface area contributed by atoms with E-state index in [1.807, 2.05) is 7.05 Å². The number of aliphatic carboxylic acids is 1. The van der Waals surface area contributed by atoms with Crippen molar-refractivity contribution in [3.8, 4) is 0 Å². The molecule has 5 fully saturated rings. The number of thioether (sulfide) groups is 1. The van der Waals surface area contributed by atoms with Gasteiger partial charge >= 0.3 is 18.0 Å². The summed E-state index contributed by atoms with van der Waals surface area (Å²) in [6.45, 7) is 9.72. The minimum atomic E-state index is -0.778. The van der Waals surface area contributed by atoms with Crippen LogP contribution in [0.3, 0.4) is 0 Å². The van der Waals surface area contributed by atoms with Crippen LogP contribution < -0.4 is 5.32 Å². The molecule has 0 aromatic rings. The Balaban J connectivity index is 1.01. The molecule has 3 saturated carbocycles. The second kappa shape index (κ2) is 14.2. The molecule has 2 heterocycles. The van der Waals surface area contributed by atoms with Crippen molar-refractivity contribution in [3.05, 3.63) is 11.6 Å². The Labute approximate surface area is 292 Å². The zero-order chi connectivity index (χ0) is 34.4. The van der Waals surface area contributed by atoms with Crippen molar-refractivity contribution in [1.82, 2.24) is 15.1 Å². The summed E-state index contributed by atoms with van der Waals surface area (Å²) in [6, 6.07) is -0.653. The van der Waals surface area contributed by atoms with E-state index in [9.17, 15) is 19.6 Å². The van der Waals surface area contributed by atoms with E-state index >= 15 is 0 Å². The molecule has 1 unspecified atom stereocenters. The van der Waals surface area contributed by atoms with Gasteiger partial charge in [-0.1, -0.05) is 50.8 Å². The highest BCUT2D eigenvalue weighted by atomic mass is 32.2. The number of fused-ring (bicyclic) bond motifs is 6. The quantitative estimate of drug-likeness (QED) is 0.0874. The average molecular weight is 685 g/mol. The Morgan fingerprint density at radius 2 is 1.88 bits per heavy atom. The van der Waals surface area contributed by atoms with Crippen LogP contribution in [0.25, 0.3) is 0 Å². The van der Waals surface area contributed by atoms with Crippen LogP contribution in [0.4, 0.5) is 9.59 Å². The summed E-state index contributed by atoms with van der Waals surface area (Å²) >= 11 is 1.80. The summed E-state index contributed by atoms with van der Waals surface area (Å²) in [5, 5.41) is 25.1. The van der Waals surface area contributed by atoms with E-state index in [-0.39, 0.29) is 47.3 Å². The Kier molecular flexibility index (Phi) is 10.5. The number of rotatable bonds is 11. The molecule has 3 N–H and O–H groups in total. The van der Waals surface area contributed by atoms with Gasteiger partial charge in [0.25, 0.3) is 0 Å². The molecule has 2 saturated heterocycles.